The highest BCUT2D eigenvalue weighted by atomic mass is 32.2. The number of rotatable bonds is 4. The van der Waals surface area contributed by atoms with Crippen molar-refractivity contribution in [2.24, 2.45) is 0 Å². The van der Waals surface area contributed by atoms with Gasteiger partial charge < -0.3 is 5.32 Å². The number of nitrogens with one attached hydrogen (secondary N) is 1. The summed E-state index contributed by atoms with van der Waals surface area (Å²) in [6, 6.07) is 5.89. The average molecular weight is 269 g/mol. The van der Waals surface area contributed by atoms with Gasteiger partial charge >= 0.3 is 0 Å². The first-order valence-electron chi connectivity index (χ1n) is 6.21. The summed E-state index contributed by atoms with van der Waals surface area (Å²) in [4.78, 5) is 6.63. The molecule has 1 aliphatic heterocycles. The maximum absolute atomic E-state index is 11.3. The van der Waals surface area contributed by atoms with Gasteiger partial charge in [-0.15, -0.1) is 0 Å². The molecular formula is C12H19N3O2S. The molecule has 0 aliphatic carbocycles. The highest BCUT2D eigenvalue weighted by Gasteiger charge is 2.21. The summed E-state index contributed by atoms with van der Waals surface area (Å²) >= 11 is 0. The van der Waals surface area contributed by atoms with E-state index in [1.807, 2.05) is 25.1 Å². The molecule has 100 valence electrons. The zero-order chi connectivity index (χ0) is 13.0. The molecule has 1 aliphatic rings. The van der Waals surface area contributed by atoms with Crippen molar-refractivity contribution in [1.29, 1.82) is 0 Å². The Morgan fingerprint density at radius 1 is 1.33 bits per heavy atom. The van der Waals surface area contributed by atoms with Crippen LogP contribution in [0.4, 0.5) is 5.82 Å². The van der Waals surface area contributed by atoms with E-state index in [2.05, 4.69) is 15.2 Å². The normalized spacial score (nSPS) is 19.6. The van der Waals surface area contributed by atoms with Crippen LogP contribution in [0.25, 0.3) is 0 Å². The average Bonchev–Trinajstić information content (AvgIpc) is 2.33. The molecule has 0 radical (unpaired) electrons. The van der Waals surface area contributed by atoms with E-state index in [1.54, 1.807) is 0 Å². The van der Waals surface area contributed by atoms with Crippen molar-refractivity contribution < 1.29 is 8.42 Å². The number of hydrogen-bond donors (Lipinski definition) is 1. The van der Waals surface area contributed by atoms with Crippen molar-refractivity contribution in [1.82, 2.24) is 9.88 Å². The fraction of sp³-hybridized carbons (Fsp3) is 0.583. The van der Waals surface area contributed by atoms with Crippen LogP contribution in [0.5, 0.6) is 0 Å². The topological polar surface area (TPSA) is 62.3 Å². The van der Waals surface area contributed by atoms with Crippen LogP contribution in [0.15, 0.2) is 18.2 Å². The number of hydrogen-bond acceptors (Lipinski definition) is 5. The van der Waals surface area contributed by atoms with Crippen molar-refractivity contribution in [2.75, 3.05) is 36.5 Å². The summed E-state index contributed by atoms with van der Waals surface area (Å²) in [6.45, 7) is 4.81. The Labute approximate surface area is 108 Å². The van der Waals surface area contributed by atoms with Gasteiger partial charge in [0.15, 0.2) is 9.84 Å². The molecule has 6 heteroatoms. The summed E-state index contributed by atoms with van der Waals surface area (Å²) < 4.78 is 22.7. The molecule has 1 aromatic heterocycles. The summed E-state index contributed by atoms with van der Waals surface area (Å²) in [5, 5.41) is 3.17. The van der Waals surface area contributed by atoms with Gasteiger partial charge in [-0.2, -0.15) is 0 Å². The van der Waals surface area contributed by atoms with Crippen LogP contribution < -0.4 is 5.32 Å². The molecular weight excluding hydrogens is 250 g/mol. The third kappa shape index (κ3) is 3.68. The Morgan fingerprint density at radius 2 is 2.06 bits per heavy atom. The lowest BCUT2D eigenvalue weighted by atomic mass is 10.3. The minimum atomic E-state index is -2.80. The largest absolute Gasteiger partial charge is 0.370 e. The monoisotopic (exact) mass is 269 g/mol. The highest BCUT2D eigenvalue weighted by molar-refractivity contribution is 7.91. The van der Waals surface area contributed by atoms with Crippen molar-refractivity contribution >= 4 is 15.7 Å². The van der Waals surface area contributed by atoms with Gasteiger partial charge in [0.25, 0.3) is 0 Å². The molecule has 0 atom stereocenters. The second-order valence-electron chi connectivity index (χ2n) is 4.47. The molecule has 2 rings (SSSR count). The molecule has 0 amide bonds. The number of aromatic nitrogens is 1. The molecule has 2 heterocycles. The van der Waals surface area contributed by atoms with Crippen LogP contribution in [0, 0.1) is 0 Å². The third-order valence-electron chi connectivity index (χ3n) is 2.99. The first-order valence-corrected chi connectivity index (χ1v) is 8.04. The predicted octanol–water partition coefficient (Wildman–Crippen LogP) is 0.744. The summed E-state index contributed by atoms with van der Waals surface area (Å²) in [5.74, 6) is 1.40. The summed E-state index contributed by atoms with van der Waals surface area (Å²) in [5.41, 5.74) is 0.979. The molecule has 0 spiro atoms. The smallest absolute Gasteiger partial charge is 0.152 e. The second kappa shape index (κ2) is 5.67. The lowest BCUT2D eigenvalue weighted by Gasteiger charge is -2.26. The zero-order valence-electron chi connectivity index (χ0n) is 10.6. The van der Waals surface area contributed by atoms with Gasteiger partial charge in [-0.1, -0.05) is 6.07 Å². The Hall–Kier alpha value is -1.14. The number of nitrogens with zero attached hydrogens (tertiary/aromatic N) is 2. The predicted molar refractivity (Wildman–Crippen MR) is 72.3 cm³/mol. The van der Waals surface area contributed by atoms with E-state index in [0.717, 1.165) is 24.6 Å². The Morgan fingerprint density at radius 3 is 2.72 bits per heavy atom. The van der Waals surface area contributed by atoms with Crippen LogP contribution in [-0.2, 0) is 16.4 Å². The molecule has 0 unspecified atom stereocenters. The summed E-state index contributed by atoms with van der Waals surface area (Å²) in [7, 11) is -2.80. The van der Waals surface area contributed by atoms with Gasteiger partial charge in [-0.25, -0.2) is 13.4 Å². The van der Waals surface area contributed by atoms with Gasteiger partial charge in [0.1, 0.15) is 5.82 Å². The van der Waals surface area contributed by atoms with Crippen LogP contribution in [0.2, 0.25) is 0 Å². The Bertz CT molecular complexity index is 488. The molecule has 1 N–H and O–H groups in total. The second-order valence-corrected chi connectivity index (χ2v) is 6.78. The number of pyridine rings is 1. The lowest BCUT2D eigenvalue weighted by Crippen LogP contribution is -2.39. The first kappa shape index (κ1) is 13.3. The molecule has 5 nitrogen and oxygen atoms in total. The molecule has 1 fully saturated rings. The van der Waals surface area contributed by atoms with Gasteiger partial charge in [-0.05, 0) is 19.1 Å². The summed E-state index contributed by atoms with van der Waals surface area (Å²) in [6.07, 6.45) is 0. The van der Waals surface area contributed by atoms with E-state index in [-0.39, 0.29) is 11.5 Å². The van der Waals surface area contributed by atoms with Gasteiger partial charge in [0.05, 0.1) is 17.2 Å². The number of anilines is 1. The van der Waals surface area contributed by atoms with Gasteiger partial charge in [0.2, 0.25) is 0 Å². The maximum atomic E-state index is 11.3. The van der Waals surface area contributed by atoms with Crippen molar-refractivity contribution in [2.45, 2.75) is 13.5 Å². The molecule has 0 saturated carbocycles. The van der Waals surface area contributed by atoms with Gasteiger partial charge in [-0.3, -0.25) is 4.90 Å². The van der Waals surface area contributed by atoms with E-state index in [0.29, 0.717) is 13.1 Å². The fourth-order valence-corrected chi connectivity index (χ4v) is 3.26. The van der Waals surface area contributed by atoms with Gasteiger partial charge in [0, 0.05) is 26.2 Å². The Kier molecular flexibility index (Phi) is 4.19. The maximum Gasteiger partial charge on any atom is 0.152 e. The van der Waals surface area contributed by atoms with Crippen LogP contribution in [-0.4, -0.2) is 49.4 Å². The molecule has 1 aromatic rings. The minimum Gasteiger partial charge on any atom is -0.370 e. The van der Waals surface area contributed by atoms with E-state index < -0.39 is 9.84 Å². The van der Waals surface area contributed by atoms with E-state index in [1.165, 1.54) is 0 Å². The molecule has 18 heavy (non-hydrogen) atoms. The van der Waals surface area contributed by atoms with E-state index >= 15 is 0 Å². The van der Waals surface area contributed by atoms with Crippen LogP contribution in [0.1, 0.15) is 12.6 Å². The lowest BCUT2D eigenvalue weighted by molar-refractivity contribution is 0.284. The van der Waals surface area contributed by atoms with Crippen LogP contribution in [0.3, 0.4) is 0 Å². The molecule has 0 bridgehead atoms. The van der Waals surface area contributed by atoms with E-state index in [9.17, 15) is 8.42 Å². The fourth-order valence-electron chi connectivity index (χ4n) is 1.98. The quantitative estimate of drug-likeness (QED) is 0.873. The highest BCUT2D eigenvalue weighted by Crippen LogP contribution is 2.10. The standard InChI is InChI=1S/C12H19N3O2S/c1-2-13-12-5-3-4-11(14-12)10-15-6-8-18(16,17)9-7-15/h3-5H,2,6-10H2,1H3,(H,13,14). The zero-order valence-corrected chi connectivity index (χ0v) is 11.4. The van der Waals surface area contributed by atoms with Crippen molar-refractivity contribution in [3.63, 3.8) is 0 Å². The van der Waals surface area contributed by atoms with Crippen LogP contribution >= 0.6 is 0 Å². The third-order valence-corrected chi connectivity index (χ3v) is 4.60. The van der Waals surface area contributed by atoms with E-state index in [4.69, 9.17) is 0 Å². The number of sulfone groups is 1. The molecule has 1 saturated heterocycles. The Balaban J connectivity index is 1.95. The van der Waals surface area contributed by atoms with Crippen molar-refractivity contribution in [3.8, 4) is 0 Å². The van der Waals surface area contributed by atoms with Crippen molar-refractivity contribution in [3.05, 3.63) is 23.9 Å². The first-order chi connectivity index (χ1) is 8.59. The SMILES string of the molecule is CCNc1cccc(CN2CCS(=O)(=O)CC2)n1. The minimum absolute atomic E-state index is 0.264. The molecule has 0 aromatic carbocycles.